The van der Waals surface area contributed by atoms with Crippen LogP contribution in [0.25, 0.3) is 10.9 Å². The number of nitrogens with zero attached hydrogens (tertiary/aromatic N) is 2. The molecule has 0 aliphatic carbocycles. The molecule has 1 aliphatic heterocycles. The summed E-state index contributed by atoms with van der Waals surface area (Å²) < 4.78 is 20.7. The van der Waals surface area contributed by atoms with Gasteiger partial charge in [0.2, 0.25) is 5.91 Å². The van der Waals surface area contributed by atoms with E-state index in [1.54, 1.807) is 18.1 Å². The molecule has 166 valence electrons. The Labute approximate surface area is 190 Å². The number of amides is 2. The maximum atomic E-state index is 13.6. The smallest absolute Gasteiger partial charge is 0.272 e. The molecule has 0 saturated carbocycles. The SMILES string of the molecule is COc1ccc(C2c3c(n(C)c4ccccc34)C(=O)N2CC(=O)Nc2cccc(F)c2)cc1. The van der Waals surface area contributed by atoms with Crippen molar-refractivity contribution in [2.45, 2.75) is 6.04 Å². The number of anilines is 1. The predicted octanol–water partition coefficient (Wildman–Crippen LogP) is 4.51. The van der Waals surface area contributed by atoms with Crippen molar-refractivity contribution >= 4 is 28.4 Å². The summed E-state index contributed by atoms with van der Waals surface area (Å²) in [6.45, 7) is -0.172. The van der Waals surface area contributed by atoms with Crippen molar-refractivity contribution in [3.05, 3.63) is 95.4 Å². The molecule has 1 N–H and O–H groups in total. The normalized spacial score (nSPS) is 15.1. The van der Waals surface area contributed by atoms with Gasteiger partial charge in [0.05, 0.1) is 13.2 Å². The highest BCUT2D eigenvalue weighted by Gasteiger charge is 2.42. The number of rotatable bonds is 5. The molecule has 0 fully saturated rings. The van der Waals surface area contributed by atoms with Gasteiger partial charge in [0, 0.05) is 29.2 Å². The number of aryl methyl sites for hydroxylation is 1. The van der Waals surface area contributed by atoms with Crippen LogP contribution < -0.4 is 10.1 Å². The van der Waals surface area contributed by atoms with Crippen molar-refractivity contribution in [2.75, 3.05) is 19.0 Å². The van der Waals surface area contributed by atoms with Crippen LogP contribution in [0.4, 0.5) is 10.1 Å². The second-order valence-corrected chi connectivity index (χ2v) is 8.01. The zero-order valence-electron chi connectivity index (χ0n) is 18.2. The van der Waals surface area contributed by atoms with Crippen LogP contribution >= 0.6 is 0 Å². The van der Waals surface area contributed by atoms with E-state index in [0.29, 0.717) is 17.1 Å². The number of nitrogens with one attached hydrogen (secondary N) is 1. The fourth-order valence-electron chi connectivity index (χ4n) is 4.58. The zero-order valence-corrected chi connectivity index (χ0v) is 18.2. The maximum absolute atomic E-state index is 13.6. The lowest BCUT2D eigenvalue weighted by molar-refractivity contribution is -0.117. The minimum absolute atomic E-state index is 0.172. The standard InChI is InChI=1S/C26H22FN3O3/c1-29-21-9-4-3-8-20(21)23-24(16-10-12-19(33-2)13-11-16)30(26(32)25(23)29)15-22(31)28-18-7-5-6-17(27)14-18/h3-14,24H,15H2,1-2H3,(H,28,31). The number of hydrogen-bond donors (Lipinski definition) is 1. The number of aromatic nitrogens is 1. The van der Waals surface area contributed by atoms with Gasteiger partial charge in [0.15, 0.2) is 0 Å². The van der Waals surface area contributed by atoms with Gasteiger partial charge in [-0.05, 0) is 42.0 Å². The van der Waals surface area contributed by atoms with Crippen LogP contribution in [-0.2, 0) is 11.8 Å². The number of benzene rings is 3. The largest absolute Gasteiger partial charge is 0.497 e. The van der Waals surface area contributed by atoms with Gasteiger partial charge in [-0.2, -0.15) is 0 Å². The molecule has 2 heterocycles. The summed E-state index contributed by atoms with van der Waals surface area (Å²) in [7, 11) is 3.46. The second kappa shape index (κ2) is 8.09. The number of carbonyl (C=O) groups excluding carboxylic acids is 2. The molecule has 3 aromatic carbocycles. The van der Waals surface area contributed by atoms with Gasteiger partial charge < -0.3 is 19.5 Å². The third-order valence-corrected chi connectivity index (χ3v) is 6.05. The third kappa shape index (κ3) is 3.51. The van der Waals surface area contributed by atoms with Crippen LogP contribution in [0.15, 0.2) is 72.8 Å². The van der Waals surface area contributed by atoms with Crippen molar-refractivity contribution < 1.29 is 18.7 Å². The molecule has 7 heteroatoms. The van der Waals surface area contributed by atoms with Gasteiger partial charge in [0.25, 0.3) is 5.91 Å². The molecule has 1 aliphatic rings. The minimum Gasteiger partial charge on any atom is -0.497 e. The van der Waals surface area contributed by atoms with Crippen molar-refractivity contribution in [1.82, 2.24) is 9.47 Å². The summed E-state index contributed by atoms with van der Waals surface area (Å²) in [6, 6.07) is 20.6. The van der Waals surface area contributed by atoms with Crippen molar-refractivity contribution in [3.8, 4) is 5.75 Å². The van der Waals surface area contributed by atoms with E-state index in [0.717, 1.165) is 22.0 Å². The quantitative estimate of drug-likeness (QED) is 0.494. The average molecular weight is 443 g/mol. The lowest BCUT2D eigenvalue weighted by Crippen LogP contribution is -2.37. The molecule has 4 aromatic rings. The van der Waals surface area contributed by atoms with E-state index in [-0.39, 0.29) is 12.5 Å². The molecule has 5 rings (SSSR count). The van der Waals surface area contributed by atoms with Crippen LogP contribution in [-0.4, -0.2) is 34.9 Å². The van der Waals surface area contributed by atoms with Crippen LogP contribution in [0.3, 0.4) is 0 Å². The highest BCUT2D eigenvalue weighted by atomic mass is 19.1. The fourth-order valence-corrected chi connectivity index (χ4v) is 4.58. The van der Waals surface area contributed by atoms with E-state index in [2.05, 4.69) is 5.32 Å². The molecule has 2 amide bonds. The molecule has 6 nitrogen and oxygen atoms in total. The van der Waals surface area contributed by atoms with E-state index in [1.807, 2.05) is 60.1 Å². The molecular weight excluding hydrogens is 421 g/mol. The van der Waals surface area contributed by atoms with Gasteiger partial charge in [0.1, 0.15) is 23.8 Å². The van der Waals surface area contributed by atoms with Gasteiger partial charge in [-0.15, -0.1) is 0 Å². The van der Waals surface area contributed by atoms with Crippen molar-refractivity contribution in [2.24, 2.45) is 7.05 Å². The van der Waals surface area contributed by atoms with Crippen molar-refractivity contribution in [3.63, 3.8) is 0 Å². The van der Waals surface area contributed by atoms with Crippen LogP contribution in [0.2, 0.25) is 0 Å². The molecule has 1 aromatic heterocycles. The Morgan fingerprint density at radius 2 is 1.82 bits per heavy atom. The lowest BCUT2D eigenvalue weighted by Gasteiger charge is -2.26. The summed E-state index contributed by atoms with van der Waals surface area (Å²) in [6.07, 6.45) is 0. The van der Waals surface area contributed by atoms with Gasteiger partial charge in [-0.3, -0.25) is 9.59 Å². The van der Waals surface area contributed by atoms with Gasteiger partial charge >= 0.3 is 0 Å². The van der Waals surface area contributed by atoms with Crippen LogP contribution in [0, 0.1) is 5.82 Å². The van der Waals surface area contributed by atoms with E-state index in [4.69, 9.17) is 4.74 Å². The number of fused-ring (bicyclic) bond motifs is 3. The van der Waals surface area contributed by atoms with Crippen LogP contribution in [0.5, 0.6) is 5.75 Å². The number of methoxy groups -OCH3 is 1. The molecule has 0 bridgehead atoms. The Balaban J connectivity index is 1.56. The Hall–Kier alpha value is -4.13. The topological polar surface area (TPSA) is 63.6 Å². The summed E-state index contributed by atoms with van der Waals surface area (Å²) in [5.41, 5.74) is 3.61. The summed E-state index contributed by atoms with van der Waals surface area (Å²) in [5, 5.41) is 3.66. The fraction of sp³-hybridized carbons (Fsp3) is 0.154. The first-order valence-corrected chi connectivity index (χ1v) is 10.6. The predicted molar refractivity (Wildman–Crippen MR) is 124 cm³/mol. The number of hydrogen-bond acceptors (Lipinski definition) is 3. The number of halogens is 1. The Morgan fingerprint density at radius 1 is 1.06 bits per heavy atom. The Morgan fingerprint density at radius 3 is 2.55 bits per heavy atom. The van der Waals surface area contributed by atoms with Gasteiger partial charge in [-0.1, -0.05) is 36.4 Å². The monoisotopic (exact) mass is 443 g/mol. The first-order chi connectivity index (χ1) is 16.0. The van der Waals surface area contributed by atoms with E-state index >= 15 is 0 Å². The molecule has 0 radical (unpaired) electrons. The minimum atomic E-state index is -0.444. The van der Waals surface area contributed by atoms with E-state index in [9.17, 15) is 14.0 Å². The summed E-state index contributed by atoms with van der Waals surface area (Å²) in [5.74, 6) is -0.361. The lowest BCUT2D eigenvalue weighted by atomic mass is 9.98. The number of ether oxygens (including phenoxy) is 1. The van der Waals surface area contributed by atoms with Gasteiger partial charge in [-0.25, -0.2) is 4.39 Å². The second-order valence-electron chi connectivity index (χ2n) is 8.01. The van der Waals surface area contributed by atoms with E-state index in [1.165, 1.54) is 18.2 Å². The molecular formula is C26H22FN3O3. The molecule has 1 atom stereocenters. The first-order valence-electron chi connectivity index (χ1n) is 10.6. The highest BCUT2D eigenvalue weighted by Crippen LogP contribution is 2.44. The molecule has 0 saturated heterocycles. The Kier molecular flexibility index (Phi) is 5.09. The highest BCUT2D eigenvalue weighted by molar-refractivity contribution is 6.08. The van der Waals surface area contributed by atoms with Crippen molar-refractivity contribution in [1.29, 1.82) is 0 Å². The summed E-state index contributed by atoms with van der Waals surface area (Å²) in [4.78, 5) is 28.0. The maximum Gasteiger partial charge on any atom is 0.272 e. The third-order valence-electron chi connectivity index (χ3n) is 6.05. The zero-order chi connectivity index (χ0) is 23.1. The number of carbonyl (C=O) groups is 2. The summed E-state index contributed by atoms with van der Waals surface area (Å²) >= 11 is 0. The van der Waals surface area contributed by atoms with E-state index < -0.39 is 17.8 Å². The Bertz CT molecular complexity index is 1380. The average Bonchev–Trinajstić information content (AvgIpc) is 3.26. The molecule has 0 spiro atoms. The molecule has 33 heavy (non-hydrogen) atoms. The molecule has 1 unspecified atom stereocenters. The first kappa shape index (κ1) is 20.8. The number of para-hydroxylation sites is 1. The van der Waals surface area contributed by atoms with Crippen LogP contribution in [0.1, 0.15) is 27.7 Å².